The van der Waals surface area contributed by atoms with Gasteiger partial charge in [-0.3, -0.25) is 0 Å². The maximum atomic E-state index is 12.9. The van der Waals surface area contributed by atoms with E-state index in [1.54, 1.807) is 22.5 Å². The van der Waals surface area contributed by atoms with Gasteiger partial charge in [0.15, 0.2) is 0 Å². The SMILES string of the molecule is CC(C)N(CC1CCCCN1)S(=O)(=O)c1cccc(Br)c1. The molecule has 0 aliphatic carbocycles. The van der Waals surface area contributed by atoms with Crippen LogP contribution >= 0.6 is 15.9 Å². The van der Waals surface area contributed by atoms with Gasteiger partial charge in [0.25, 0.3) is 0 Å². The molecule has 1 saturated heterocycles. The minimum absolute atomic E-state index is 0.0577. The molecule has 1 aliphatic heterocycles. The highest BCUT2D eigenvalue weighted by Gasteiger charge is 2.29. The van der Waals surface area contributed by atoms with Crippen LogP contribution in [-0.2, 0) is 10.0 Å². The molecule has 4 nitrogen and oxygen atoms in total. The van der Waals surface area contributed by atoms with Gasteiger partial charge in [-0.25, -0.2) is 8.42 Å². The van der Waals surface area contributed by atoms with Gasteiger partial charge in [-0.1, -0.05) is 28.4 Å². The van der Waals surface area contributed by atoms with Crippen LogP contribution in [0.3, 0.4) is 0 Å². The van der Waals surface area contributed by atoms with E-state index < -0.39 is 10.0 Å². The highest BCUT2D eigenvalue weighted by molar-refractivity contribution is 9.10. The summed E-state index contributed by atoms with van der Waals surface area (Å²) in [5.41, 5.74) is 0. The third-order valence-corrected chi connectivity index (χ3v) is 6.32. The Morgan fingerprint density at radius 2 is 2.14 bits per heavy atom. The van der Waals surface area contributed by atoms with E-state index in [0.29, 0.717) is 11.4 Å². The molecule has 1 N–H and O–H groups in total. The van der Waals surface area contributed by atoms with Crippen LogP contribution in [-0.4, -0.2) is 37.9 Å². The maximum Gasteiger partial charge on any atom is 0.243 e. The van der Waals surface area contributed by atoms with Crippen LogP contribution in [0.5, 0.6) is 0 Å². The molecule has 1 unspecified atom stereocenters. The standard InChI is InChI=1S/C15H23BrN2O2S/c1-12(2)18(11-14-7-3-4-9-17-14)21(19,20)15-8-5-6-13(16)10-15/h5-6,8,10,12,14,17H,3-4,7,9,11H2,1-2H3. The molecule has 0 bridgehead atoms. The molecule has 0 spiro atoms. The van der Waals surface area contributed by atoms with Crippen molar-refractivity contribution in [2.75, 3.05) is 13.1 Å². The highest BCUT2D eigenvalue weighted by Crippen LogP contribution is 2.23. The van der Waals surface area contributed by atoms with Crippen molar-refractivity contribution in [2.45, 2.75) is 50.1 Å². The van der Waals surface area contributed by atoms with E-state index in [1.807, 2.05) is 19.9 Å². The largest absolute Gasteiger partial charge is 0.313 e. The van der Waals surface area contributed by atoms with Gasteiger partial charge in [-0.15, -0.1) is 0 Å². The predicted octanol–water partition coefficient (Wildman–Crippen LogP) is 2.99. The van der Waals surface area contributed by atoms with E-state index in [-0.39, 0.29) is 12.1 Å². The van der Waals surface area contributed by atoms with E-state index in [1.165, 1.54) is 12.8 Å². The Morgan fingerprint density at radius 1 is 1.38 bits per heavy atom. The van der Waals surface area contributed by atoms with Gasteiger partial charge in [-0.2, -0.15) is 4.31 Å². The minimum atomic E-state index is -3.46. The van der Waals surface area contributed by atoms with Gasteiger partial charge in [0.2, 0.25) is 10.0 Å². The first-order chi connectivity index (χ1) is 9.91. The van der Waals surface area contributed by atoms with Crippen molar-refractivity contribution < 1.29 is 8.42 Å². The van der Waals surface area contributed by atoms with Crippen LogP contribution in [0.2, 0.25) is 0 Å². The van der Waals surface area contributed by atoms with Gasteiger partial charge < -0.3 is 5.32 Å². The summed E-state index contributed by atoms with van der Waals surface area (Å²) in [6.07, 6.45) is 3.38. The molecule has 1 heterocycles. The number of benzene rings is 1. The summed E-state index contributed by atoms with van der Waals surface area (Å²) < 4.78 is 28.1. The Hall–Kier alpha value is -0.430. The number of piperidine rings is 1. The zero-order valence-electron chi connectivity index (χ0n) is 12.5. The van der Waals surface area contributed by atoms with Gasteiger partial charge in [0.1, 0.15) is 0 Å². The monoisotopic (exact) mass is 374 g/mol. The number of nitrogens with zero attached hydrogens (tertiary/aromatic N) is 1. The Labute approximate surface area is 136 Å². The Balaban J connectivity index is 2.23. The molecule has 6 heteroatoms. The molecule has 1 aromatic rings. The lowest BCUT2D eigenvalue weighted by molar-refractivity contribution is 0.282. The molecule has 0 radical (unpaired) electrons. The first-order valence-electron chi connectivity index (χ1n) is 7.42. The first-order valence-corrected chi connectivity index (χ1v) is 9.65. The van der Waals surface area contributed by atoms with Gasteiger partial charge in [0.05, 0.1) is 4.90 Å². The Morgan fingerprint density at radius 3 is 2.71 bits per heavy atom. The minimum Gasteiger partial charge on any atom is -0.313 e. The number of halogens is 1. The lowest BCUT2D eigenvalue weighted by Gasteiger charge is -2.32. The fraction of sp³-hybridized carbons (Fsp3) is 0.600. The second-order valence-electron chi connectivity index (χ2n) is 5.77. The van der Waals surface area contributed by atoms with Crippen molar-refractivity contribution in [3.8, 4) is 0 Å². The summed E-state index contributed by atoms with van der Waals surface area (Å²) in [6.45, 7) is 5.37. The van der Waals surface area contributed by atoms with Crippen molar-refractivity contribution in [2.24, 2.45) is 0 Å². The van der Waals surface area contributed by atoms with Crippen LogP contribution in [0.1, 0.15) is 33.1 Å². The second-order valence-corrected chi connectivity index (χ2v) is 8.58. The normalized spacial score (nSPS) is 20.1. The van der Waals surface area contributed by atoms with Crippen molar-refractivity contribution in [3.05, 3.63) is 28.7 Å². The van der Waals surface area contributed by atoms with Gasteiger partial charge >= 0.3 is 0 Å². The van der Waals surface area contributed by atoms with Crippen LogP contribution in [0, 0.1) is 0 Å². The van der Waals surface area contributed by atoms with Gasteiger partial charge in [-0.05, 0) is 51.4 Å². The topological polar surface area (TPSA) is 49.4 Å². The summed E-state index contributed by atoms with van der Waals surface area (Å²) >= 11 is 3.34. The molecule has 0 aromatic heterocycles. The third kappa shape index (κ3) is 4.28. The molecule has 1 aromatic carbocycles. The van der Waals surface area contributed by atoms with E-state index in [0.717, 1.165) is 17.4 Å². The summed E-state index contributed by atoms with van der Waals surface area (Å²) in [5, 5.41) is 3.42. The highest BCUT2D eigenvalue weighted by atomic mass is 79.9. The molecule has 0 amide bonds. The van der Waals surface area contributed by atoms with E-state index >= 15 is 0 Å². The summed E-state index contributed by atoms with van der Waals surface area (Å²) in [6, 6.07) is 7.11. The number of hydrogen-bond donors (Lipinski definition) is 1. The molecular formula is C15H23BrN2O2S. The quantitative estimate of drug-likeness (QED) is 0.861. The zero-order valence-corrected chi connectivity index (χ0v) is 15.0. The average molecular weight is 375 g/mol. The molecule has 118 valence electrons. The third-order valence-electron chi connectivity index (χ3n) is 3.79. The fourth-order valence-electron chi connectivity index (χ4n) is 2.65. The number of sulfonamides is 1. The van der Waals surface area contributed by atoms with Crippen molar-refractivity contribution in [1.29, 1.82) is 0 Å². The number of rotatable bonds is 5. The Bertz CT molecular complexity index is 569. The molecule has 1 atom stereocenters. The lowest BCUT2D eigenvalue weighted by Crippen LogP contribution is -2.48. The lowest BCUT2D eigenvalue weighted by atomic mass is 10.1. The summed E-state index contributed by atoms with van der Waals surface area (Å²) in [7, 11) is -3.46. The number of nitrogens with one attached hydrogen (secondary N) is 1. The molecular weight excluding hydrogens is 352 g/mol. The van der Waals surface area contributed by atoms with Crippen LogP contribution in [0.4, 0.5) is 0 Å². The summed E-state index contributed by atoms with van der Waals surface area (Å²) in [5.74, 6) is 0. The van der Waals surface area contributed by atoms with E-state index in [4.69, 9.17) is 0 Å². The molecule has 2 rings (SSSR count). The molecule has 1 fully saturated rings. The van der Waals surface area contributed by atoms with E-state index in [2.05, 4.69) is 21.2 Å². The molecule has 1 aliphatic rings. The van der Waals surface area contributed by atoms with Crippen LogP contribution in [0.15, 0.2) is 33.6 Å². The van der Waals surface area contributed by atoms with Gasteiger partial charge in [0, 0.05) is 23.1 Å². The molecule has 0 saturated carbocycles. The molecule has 21 heavy (non-hydrogen) atoms. The predicted molar refractivity (Wildman–Crippen MR) is 88.8 cm³/mol. The smallest absolute Gasteiger partial charge is 0.243 e. The maximum absolute atomic E-state index is 12.9. The summed E-state index contributed by atoms with van der Waals surface area (Å²) in [4.78, 5) is 0.349. The Kier molecular flexibility index (Phi) is 5.82. The van der Waals surface area contributed by atoms with Crippen molar-refractivity contribution >= 4 is 26.0 Å². The van der Waals surface area contributed by atoms with Crippen LogP contribution < -0.4 is 5.32 Å². The van der Waals surface area contributed by atoms with Crippen molar-refractivity contribution in [3.63, 3.8) is 0 Å². The second kappa shape index (κ2) is 7.22. The fourth-order valence-corrected chi connectivity index (χ4v) is 4.93. The number of hydrogen-bond acceptors (Lipinski definition) is 3. The van der Waals surface area contributed by atoms with Crippen LogP contribution in [0.25, 0.3) is 0 Å². The first kappa shape index (κ1) is 16.9. The zero-order chi connectivity index (χ0) is 15.5. The van der Waals surface area contributed by atoms with Crippen molar-refractivity contribution in [1.82, 2.24) is 9.62 Å². The van der Waals surface area contributed by atoms with E-state index in [9.17, 15) is 8.42 Å². The average Bonchev–Trinajstić information content (AvgIpc) is 2.45.